The zero-order chi connectivity index (χ0) is 19.2. The van der Waals surface area contributed by atoms with Crippen LogP contribution in [0.4, 0.5) is 5.69 Å². The number of rotatable bonds is 7. The predicted octanol–water partition coefficient (Wildman–Crippen LogP) is 5.59. The molecule has 7 heteroatoms. The SMILES string of the molecule is COc1ccc(Cl)cc1NC(=O)Cc1csc(SCc2ccc(C)cc2)n1. The number of aromatic nitrogens is 1. The highest BCUT2D eigenvalue weighted by molar-refractivity contribution is 8.00. The molecule has 0 aliphatic carbocycles. The van der Waals surface area contributed by atoms with Crippen LogP contribution in [0, 0.1) is 6.92 Å². The van der Waals surface area contributed by atoms with Crippen molar-refractivity contribution in [1.82, 2.24) is 4.98 Å². The standard InChI is InChI=1S/C20H19ClN2O2S2/c1-13-3-5-14(6-4-13)11-26-20-22-16(12-27-20)10-19(24)23-17-9-15(21)7-8-18(17)25-2/h3-9,12H,10-11H2,1-2H3,(H,23,24). The first-order valence-electron chi connectivity index (χ1n) is 8.29. The summed E-state index contributed by atoms with van der Waals surface area (Å²) in [7, 11) is 1.55. The maximum atomic E-state index is 12.3. The third-order valence-corrected chi connectivity index (χ3v) is 6.17. The van der Waals surface area contributed by atoms with Gasteiger partial charge in [-0.05, 0) is 30.7 Å². The Morgan fingerprint density at radius 2 is 2.04 bits per heavy atom. The molecule has 0 bridgehead atoms. The molecule has 0 fully saturated rings. The predicted molar refractivity (Wildman–Crippen MR) is 113 cm³/mol. The van der Waals surface area contributed by atoms with Gasteiger partial charge in [0.1, 0.15) is 10.1 Å². The van der Waals surface area contributed by atoms with Crippen LogP contribution < -0.4 is 10.1 Å². The molecule has 4 nitrogen and oxygen atoms in total. The molecular formula is C20H19ClN2O2S2. The summed E-state index contributed by atoms with van der Waals surface area (Å²) >= 11 is 9.23. The van der Waals surface area contributed by atoms with Crippen LogP contribution in [0.5, 0.6) is 5.75 Å². The number of amides is 1. The highest BCUT2D eigenvalue weighted by Crippen LogP contribution is 2.29. The van der Waals surface area contributed by atoms with Crippen molar-refractivity contribution in [3.63, 3.8) is 0 Å². The highest BCUT2D eigenvalue weighted by Gasteiger charge is 2.12. The minimum absolute atomic E-state index is 0.157. The highest BCUT2D eigenvalue weighted by atomic mass is 35.5. The van der Waals surface area contributed by atoms with Gasteiger partial charge in [0.25, 0.3) is 0 Å². The number of hydrogen-bond acceptors (Lipinski definition) is 5. The fraction of sp³-hybridized carbons (Fsp3) is 0.200. The Morgan fingerprint density at radius 3 is 2.78 bits per heavy atom. The Bertz CT molecular complexity index is 926. The Morgan fingerprint density at radius 1 is 1.26 bits per heavy atom. The third-order valence-electron chi connectivity index (χ3n) is 3.79. The largest absolute Gasteiger partial charge is 0.495 e. The number of hydrogen-bond donors (Lipinski definition) is 1. The van der Waals surface area contributed by atoms with Crippen LogP contribution >= 0.6 is 34.7 Å². The van der Waals surface area contributed by atoms with Crippen LogP contribution in [-0.4, -0.2) is 18.0 Å². The number of anilines is 1. The molecule has 0 atom stereocenters. The van der Waals surface area contributed by atoms with Gasteiger partial charge < -0.3 is 10.1 Å². The van der Waals surface area contributed by atoms with Gasteiger partial charge in [0.05, 0.1) is 24.9 Å². The van der Waals surface area contributed by atoms with Crippen LogP contribution in [0.15, 0.2) is 52.2 Å². The van der Waals surface area contributed by atoms with Gasteiger partial charge in [-0.15, -0.1) is 11.3 Å². The maximum absolute atomic E-state index is 12.3. The number of carbonyl (C=O) groups is 1. The molecule has 1 aromatic heterocycles. The van der Waals surface area contributed by atoms with E-state index in [-0.39, 0.29) is 12.3 Å². The molecule has 0 radical (unpaired) electrons. The number of aryl methyl sites for hydroxylation is 1. The summed E-state index contributed by atoms with van der Waals surface area (Å²) in [5.74, 6) is 1.27. The van der Waals surface area contributed by atoms with E-state index < -0.39 is 0 Å². The minimum Gasteiger partial charge on any atom is -0.495 e. The molecule has 0 aliphatic rings. The van der Waals surface area contributed by atoms with Crippen molar-refractivity contribution in [2.75, 3.05) is 12.4 Å². The Kier molecular flexibility index (Phi) is 6.77. The lowest BCUT2D eigenvalue weighted by atomic mass is 10.2. The van der Waals surface area contributed by atoms with E-state index in [0.717, 1.165) is 15.8 Å². The maximum Gasteiger partial charge on any atom is 0.230 e. The van der Waals surface area contributed by atoms with Crippen molar-refractivity contribution in [3.05, 3.63) is 69.7 Å². The first-order valence-corrected chi connectivity index (χ1v) is 10.5. The number of halogens is 1. The van der Waals surface area contributed by atoms with E-state index in [4.69, 9.17) is 16.3 Å². The Balaban J connectivity index is 1.56. The number of thioether (sulfide) groups is 1. The van der Waals surface area contributed by atoms with Gasteiger partial charge in [0, 0.05) is 16.2 Å². The lowest BCUT2D eigenvalue weighted by Gasteiger charge is -2.10. The van der Waals surface area contributed by atoms with Crippen LogP contribution in [-0.2, 0) is 17.0 Å². The number of methoxy groups -OCH3 is 1. The summed E-state index contributed by atoms with van der Waals surface area (Å²) in [5.41, 5.74) is 3.82. The van der Waals surface area contributed by atoms with Crippen LogP contribution in [0.25, 0.3) is 0 Å². The van der Waals surface area contributed by atoms with E-state index >= 15 is 0 Å². The normalized spacial score (nSPS) is 10.6. The van der Waals surface area contributed by atoms with Crippen LogP contribution in [0.2, 0.25) is 5.02 Å². The van der Waals surface area contributed by atoms with E-state index in [1.54, 1.807) is 48.4 Å². The molecule has 3 rings (SSSR count). The summed E-state index contributed by atoms with van der Waals surface area (Å²) in [6, 6.07) is 13.6. The number of carbonyl (C=O) groups excluding carboxylic acids is 1. The number of thiazole rings is 1. The quantitative estimate of drug-likeness (QED) is 0.508. The second kappa shape index (κ2) is 9.26. The zero-order valence-electron chi connectivity index (χ0n) is 15.0. The fourth-order valence-electron chi connectivity index (χ4n) is 2.40. The summed E-state index contributed by atoms with van der Waals surface area (Å²) in [4.78, 5) is 16.9. The minimum atomic E-state index is -0.157. The average Bonchev–Trinajstić information content (AvgIpc) is 3.08. The Labute approximate surface area is 171 Å². The van der Waals surface area contributed by atoms with Crippen molar-refractivity contribution in [2.45, 2.75) is 23.4 Å². The second-order valence-electron chi connectivity index (χ2n) is 5.95. The summed E-state index contributed by atoms with van der Waals surface area (Å²) in [5, 5.41) is 5.29. The van der Waals surface area contributed by atoms with E-state index in [2.05, 4.69) is 41.5 Å². The molecule has 1 heterocycles. The van der Waals surface area contributed by atoms with Crippen molar-refractivity contribution >= 4 is 46.3 Å². The van der Waals surface area contributed by atoms with Crippen LogP contribution in [0.1, 0.15) is 16.8 Å². The van der Waals surface area contributed by atoms with E-state index in [1.807, 2.05) is 5.38 Å². The number of nitrogens with one attached hydrogen (secondary N) is 1. The van der Waals surface area contributed by atoms with Gasteiger partial charge in [0.2, 0.25) is 5.91 Å². The third kappa shape index (κ3) is 5.73. The number of benzene rings is 2. The zero-order valence-corrected chi connectivity index (χ0v) is 17.4. The van der Waals surface area contributed by atoms with Gasteiger partial charge in [-0.1, -0.05) is 53.2 Å². The fourth-order valence-corrected chi connectivity index (χ4v) is 4.37. The van der Waals surface area contributed by atoms with E-state index in [9.17, 15) is 4.79 Å². The van der Waals surface area contributed by atoms with Gasteiger partial charge in [-0.2, -0.15) is 0 Å². The van der Waals surface area contributed by atoms with Crippen LogP contribution in [0.3, 0.4) is 0 Å². The monoisotopic (exact) mass is 418 g/mol. The van der Waals surface area contributed by atoms with Crippen molar-refractivity contribution in [3.8, 4) is 5.75 Å². The van der Waals surface area contributed by atoms with Gasteiger partial charge in [-0.25, -0.2) is 4.98 Å². The summed E-state index contributed by atoms with van der Waals surface area (Å²) < 4.78 is 6.20. The first kappa shape index (κ1) is 19.7. The molecule has 1 amide bonds. The van der Waals surface area contributed by atoms with Crippen molar-refractivity contribution in [2.24, 2.45) is 0 Å². The van der Waals surface area contributed by atoms with Crippen molar-refractivity contribution < 1.29 is 9.53 Å². The lowest BCUT2D eigenvalue weighted by molar-refractivity contribution is -0.115. The average molecular weight is 419 g/mol. The second-order valence-corrected chi connectivity index (χ2v) is 8.47. The molecule has 0 saturated heterocycles. The van der Waals surface area contributed by atoms with Gasteiger partial charge in [-0.3, -0.25) is 4.79 Å². The van der Waals surface area contributed by atoms with Gasteiger partial charge in [0.15, 0.2) is 0 Å². The molecule has 1 N–H and O–H groups in total. The molecular weight excluding hydrogens is 400 g/mol. The number of nitrogens with zero attached hydrogens (tertiary/aromatic N) is 1. The number of ether oxygens (including phenoxy) is 1. The molecule has 3 aromatic rings. The molecule has 27 heavy (non-hydrogen) atoms. The van der Waals surface area contributed by atoms with Crippen molar-refractivity contribution in [1.29, 1.82) is 0 Å². The molecule has 2 aromatic carbocycles. The molecule has 140 valence electrons. The summed E-state index contributed by atoms with van der Waals surface area (Å²) in [6.07, 6.45) is 0.206. The smallest absolute Gasteiger partial charge is 0.230 e. The Hall–Kier alpha value is -2.02. The van der Waals surface area contributed by atoms with E-state index in [0.29, 0.717) is 16.5 Å². The topological polar surface area (TPSA) is 51.2 Å². The first-order chi connectivity index (χ1) is 13.0. The molecule has 0 aliphatic heterocycles. The summed E-state index contributed by atoms with van der Waals surface area (Å²) in [6.45, 7) is 2.08. The molecule has 0 saturated carbocycles. The van der Waals surface area contributed by atoms with Gasteiger partial charge >= 0.3 is 0 Å². The molecule has 0 unspecified atom stereocenters. The molecule has 0 spiro atoms. The van der Waals surface area contributed by atoms with E-state index in [1.165, 1.54) is 11.1 Å². The lowest BCUT2D eigenvalue weighted by Crippen LogP contribution is -2.15.